The summed E-state index contributed by atoms with van der Waals surface area (Å²) in [7, 11) is 1.47. The number of allylic oxidation sites excluding steroid dienone is 4. The second kappa shape index (κ2) is 8.07. The maximum atomic E-state index is 12.0. The predicted molar refractivity (Wildman–Crippen MR) is 128 cm³/mol. The molecule has 0 aromatic carbocycles. The van der Waals surface area contributed by atoms with Gasteiger partial charge in [0.25, 0.3) is 0 Å². The smallest absolute Gasteiger partial charge is 0.308 e. The van der Waals surface area contributed by atoms with E-state index in [-0.39, 0.29) is 41.2 Å². The van der Waals surface area contributed by atoms with Crippen LogP contribution >= 0.6 is 0 Å². The molecule has 33 heavy (non-hydrogen) atoms. The molecule has 0 radical (unpaired) electrons. The van der Waals surface area contributed by atoms with E-state index in [9.17, 15) is 9.59 Å². The fourth-order valence-corrected chi connectivity index (χ4v) is 9.00. The standard InChI is InChI=1S/C29H42O4/c1-16(17(2)27(31)32-6)25-26(33-25)18(3)22-9-10-23-21-8-7-19-15-20(30)11-13-28(19,4)24(21)12-14-29(22,23)5/h11,13,15-18,21-26H,7-10,12,14H2,1-6H3/t16-,17+,18+,21+,22-,23+,24+,25-,26-,28+,29-/m1/s1. The lowest BCUT2D eigenvalue weighted by atomic mass is 9.47. The van der Waals surface area contributed by atoms with Gasteiger partial charge in [-0.25, -0.2) is 0 Å². The van der Waals surface area contributed by atoms with Gasteiger partial charge < -0.3 is 9.47 Å². The maximum Gasteiger partial charge on any atom is 0.308 e. The number of epoxide rings is 1. The van der Waals surface area contributed by atoms with Crippen molar-refractivity contribution in [1.82, 2.24) is 0 Å². The number of hydrogen-bond donors (Lipinski definition) is 0. The van der Waals surface area contributed by atoms with Crippen LogP contribution in [0.4, 0.5) is 0 Å². The molecule has 4 fully saturated rings. The van der Waals surface area contributed by atoms with E-state index < -0.39 is 0 Å². The van der Waals surface area contributed by atoms with Crippen LogP contribution in [0.25, 0.3) is 0 Å². The highest BCUT2D eigenvalue weighted by molar-refractivity contribution is 6.01. The molecule has 0 bridgehead atoms. The third-order valence-corrected chi connectivity index (χ3v) is 11.2. The van der Waals surface area contributed by atoms with E-state index in [4.69, 9.17) is 9.47 Å². The second-order valence-corrected chi connectivity index (χ2v) is 12.4. The average Bonchev–Trinajstić information content (AvgIpc) is 3.52. The van der Waals surface area contributed by atoms with Gasteiger partial charge >= 0.3 is 5.97 Å². The number of ether oxygens (including phenoxy) is 2. The molecule has 1 heterocycles. The number of ketones is 1. The summed E-state index contributed by atoms with van der Waals surface area (Å²) in [6, 6.07) is 0. The molecule has 1 saturated heterocycles. The third-order valence-electron chi connectivity index (χ3n) is 11.2. The van der Waals surface area contributed by atoms with E-state index >= 15 is 0 Å². The molecule has 3 saturated carbocycles. The van der Waals surface area contributed by atoms with Crippen molar-refractivity contribution in [1.29, 1.82) is 0 Å². The number of carbonyl (C=O) groups is 2. The number of hydrogen-bond acceptors (Lipinski definition) is 4. The Morgan fingerprint density at radius 3 is 2.58 bits per heavy atom. The number of rotatable bonds is 5. The molecule has 0 aromatic rings. The van der Waals surface area contributed by atoms with Gasteiger partial charge in [-0.3, -0.25) is 9.59 Å². The molecule has 182 valence electrons. The summed E-state index contributed by atoms with van der Waals surface area (Å²) in [6.45, 7) is 11.5. The number of fused-ring (bicyclic) bond motifs is 5. The van der Waals surface area contributed by atoms with Crippen molar-refractivity contribution in [2.75, 3.05) is 7.11 Å². The first kappa shape index (κ1) is 23.3. The van der Waals surface area contributed by atoms with Crippen LogP contribution in [-0.2, 0) is 19.1 Å². The minimum absolute atomic E-state index is 0.0754. The Morgan fingerprint density at radius 2 is 1.85 bits per heavy atom. The topological polar surface area (TPSA) is 55.9 Å². The second-order valence-electron chi connectivity index (χ2n) is 12.4. The SMILES string of the molecule is COC(=O)[C@@H](C)[C@@H](C)[C@H]1O[C@@H]1[C@@H](C)[C@H]1CC[C@H]2[C@@H]3CCC4=CC(=O)C=C[C@]4(C)[C@H]3CC[C@]12C. The Bertz CT molecular complexity index is 888. The fraction of sp³-hybridized carbons (Fsp3) is 0.793. The molecule has 4 nitrogen and oxygen atoms in total. The quantitative estimate of drug-likeness (QED) is 0.391. The van der Waals surface area contributed by atoms with Gasteiger partial charge in [0, 0.05) is 5.41 Å². The molecule has 0 amide bonds. The molecule has 5 aliphatic rings. The van der Waals surface area contributed by atoms with Gasteiger partial charge in [0.2, 0.25) is 0 Å². The van der Waals surface area contributed by atoms with Gasteiger partial charge in [0.15, 0.2) is 5.78 Å². The van der Waals surface area contributed by atoms with Gasteiger partial charge in [0.05, 0.1) is 25.2 Å². The number of carbonyl (C=O) groups excluding carboxylic acids is 2. The largest absolute Gasteiger partial charge is 0.469 e. The molecule has 0 spiro atoms. The third kappa shape index (κ3) is 3.49. The van der Waals surface area contributed by atoms with E-state index in [0.29, 0.717) is 23.2 Å². The van der Waals surface area contributed by atoms with Gasteiger partial charge in [-0.2, -0.15) is 0 Å². The van der Waals surface area contributed by atoms with Crippen molar-refractivity contribution in [3.05, 3.63) is 23.8 Å². The van der Waals surface area contributed by atoms with Crippen LogP contribution in [0.1, 0.15) is 73.1 Å². The first-order chi connectivity index (χ1) is 15.6. The van der Waals surface area contributed by atoms with Crippen LogP contribution in [0, 0.1) is 52.3 Å². The minimum Gasteiger partial charge on any atom is -0.469 e. The highest BCUT2D eigenvalue weighted by Gasteiger charge is 2.61. The summed E-state index contributed by atoms with van der Waals surface area (Å²) >= 11 is 0. The fourth-order valence-electron chi connectivity index (χ4n) is 9.00. The summed E-state index contributed by atoms with van der Waals surface area (Å²) in [6.07, 6.45) is 13.9. The van der Waals surface area contributed by atoms with Crippen molar-refractivity contribution in [2.45, 2.75) is 85.4 Å². The Kier molecular flexibility index (Phi) is 5.70. The molecule has 0 aromatic heterocycles. The average molecular weight is 455 g/mol. The van der Waals surface area contributed by atoms with E-state index in [1.54, 1.807) is 0 Å². The van der Waals surface area contributed by atoms with E-state index in [0.717, 1.165) is 18.3 Å². The van der Waals surface area contributed by atoms with Gasteiger partial charge in [-0.05, 0) is 91.6 Å². The molecule has 0 N–H and O–H groups in total. The summed E-state index contributed by atoms with van der Waals surface area (Å²) in [5.74, 6) is 3.52. The number of methoxy groups -OCH3 is 1. The molecule has 11 atom stereocenters. The first-order valence-electron chi connectivity index (χ1n) is 13.3. The zero-order valence-corrected chi connectivity index (χ0v) is 21.3. The van der Waals surface area contributed by atoms with Crippen molar-refractivity contribution in [2.24, 2.45) is 52.3 Å². The van der Waals surface area contributed by atoms with Crippen LogP contribution in [-0.4, -0.2) is 31.1 Å². The summed E-state index contributed by atoms with van der Waals surface area (Å²) in [5, 5.41) is 0. The molecular formula is C29H42O4. The Labute approximate surface area is 199 Å². The Hall–Kier alpha value is -1.42. The highest BCUT2D eigenvalue weighted by atomic mass is 16.6. The van der Waals surface area contributed by atoms with E-state index in [1.807, 2.05) is 19.1 Å². The molecule has 1 aliphatic heterocycles. The summed E-state index contributed by atoms with van der Waals surface area (Å²) < 4.78 is 11.2. The zero-order chi connectivity index (χ0) is 23.7. The van der Waals surface area contributed by atoms with E-state index in [2.05, 4.69) is 33.8 Å². The van der Waals surface area contributed by atoms with Crippen molar-refractivity contribution in [3.63, 3.8) is 0 Å². The van der Waals surface area contributed by atoms with Crippen molar-refractivity contribution >= 4 is 11.8 Å². The van der Waals surface area contributed by atoms with Crippen LogP contribution in [0.15, 0.2) is 23.8 Å². The van der Waals surface area contributed by atoms with E-state index in [1.165, 1.54) is 44.8 Å². The molecule has 4 heteroatoms. The lowest BCUT2D eigenvalue weighted by molar-refractivity contribution is -0.146. The van der Waals surface area contributed by atoms with Gasteiger partial charge in [0.1, 0.15) is 0 Å². The lowest BCUT2D eigenvalue weighted by Gasteiger charge is -2.57. The van der Waals surface area contributed by atoms with Crippen LogP contribution in [0.5, 0.6) is 0 Å². The monoisotopic (exact) mass is 454 g/mol. The molecule has 5 rings (SSSR count). The Morgan fingerprint density at radius 1 is 1.09 bits per heavy atom. The van der Waals surface area contributed by atoms with Crippen LogP contribution in [0.2, 0.25) is 0 Å². The van der Waals surface area contributed by atoms with Crippen LogP contribution in [0.3, 0.4) is 0 Å². The maximum absolute atomic E-state index is 12.0. The summed E-state index contributed by atoms with van der Waals surface area (Å²) in [4.78, 5) is 24.0. The zero-order valence-electron chi connectivity index (χ0n) is 21.3. The minimum atomic E-state index is -0.131. The number of esters is 1. The molecule has 0 unspecified atom stereocenters. The van der Waals surface area contributed by atoms with Crippen LogP contribution < -0.4 is 0 Å². The van der Waals surface area contributed by atoms with Crippen molar-refractivity contribution in [3.8, 4) is 0 Å². The Balaban J connectivity index is 1.30. The summed E-state index contributed by atoms with van der Waals surface area (Å²) in [5.41, 5.74) is 1.83. The normalized spacial score (nSPS) is 46.4. The van der Waals surface area contributed by atoms with Crippen molar-refractivity contribution < 1.29 is 19.1 Å². The molecular weight excluding hydrogens is 412 g/mol. The lowest BCUT2D eigenvalue weighted by Crippen LogP contribution is -2.50. The predicted octanol–water partition coefficient (Wildman–Crippen LogP) is 5.76. The molecule has 4 aliphatic carbocycles. The first-order valence-corrected chi connectivity index (χ1v) is 13.3. The van der Waals surface area contributed by atoms with Gasteiger partial charge in [-0.1, -0.05) is 46.3 Å². The highest BCUT2D eigenvalue weighted by Crippen LogP contribution is 2.67. The van der Waals surface area contributed by atoms with Gasteiger partial charge in [-0.15, -0.1) is 0 Å².